The Morgan fingerprint density at radius 1 is 1.19 bits per heavy atom. The van der Waals surface area contributed by atoms with Gasteiger partial charge in [-0.2, -0.15) is 0 Å². The lowest BCUT2D eigenvalue weighted by atomic mass is 10.0. The van der Waals surface area contributed by atoms with Crippen LogP contribution < -0.4 is 4.74 Å². The predicted molar refractivity (Wildman–Crippen MR) is 119 cm³/mol. The first kappa shape index (κ1) is 21.0. The third-order valence-corrected chi connectivity index (χ3v) is 5.44. The van der Waals surface area contributed by atoms with E-state index in [1.807, 2.05) is 32.6 Å². The second-order valence-electron chi connectivity index (χ2n) is 6.41. The molecule has 0 heterocycles. The first-order chi connectivity index (χ1) is 13.0. The Bertz CT molecular complexity index is 830. The summed E-state index contributed by atoms with van der Waals surface area (Å²) in [5, 5.41) is 0. The summed E-state index contributed by atoms with van der Waals surface area (Å²) in [6.45, 7) is 7.27. The van der Waals surface area contributed by atoms with Crippen LogP contribution in [0.5, 0.6) is 5.75 Å². The SMILES string of the molecule is CCN(C)C=Nc1cc(C)c(C(CSc2cccc(OC)c2)=NC)cc1C. The van der Waals surface area contributed by atoms with E-state index in [-0.39, 0.29) is 0 Å². The van der Waals surface area contributed by atoms with Crippen LogP contribution in [0.15, 0.2) is 51.3 Å². The lowest BCUT2D eigenvalue weighted by Crippen LogP contribution is -2.14. The van der Waals surface area contributed by atoms with E-state index in [0.29, 0.717) is 0 Å². The minimum atomic E-state index is 0.811. The number of aliphatic imine (C=N–C) groups is 2. The van der Waals surface area contributed by atoms with Crippen LogP contribution >= 0.6 is 11.8 Å². The summed E-state index contributed by atoms with van der Waals surface area (Å²) in [6, 6.07) is 12.5. The van der Waals surface area contributed by atoms with Crippen LogP contribution in [0.2, 0.25) is 0 Å². The number of ether oxygens (including phenoxy) is 1. The highest BCUT2D eigenvalue weighted by molar-refractivity contribution is 8.00. The number of nitrogens with zero attached hydrogens (tertiary/aromatic N) is 3. The van der Waals surface area contributed by atoms with Crippen molar-refractivity contribution in [2.45, 2.75) is 25.7 Å². The summed E-state index contributed by atoms with van der Waals surface area (Å²) in [4.78, 5) is 12.4. The molecule has 0 unspecified atom stereocenters. The highest BCUT2D eigenvalue weighted by Gasteiger charge is 2.11. The molecule has 0 atom stereocenters. The maximum absolute atomic E-state index is 5.31. The molecular weight excluding hydrogens is 354 g/mol. The fraction of sp³-hybridized carbons (Fsp3) is 0.364. The quantitative estimate of drug-likeness (QED) is 0.360. The first-order valence-electron chi connectivity index (χ1n) is 9.07. The van der Waals surface area contributed by atoms with Gasteiger partial charge >= 0.3 is 0 Å². The largest absolute Gasteiger partial charge is 0.497 e. The van der Waals surface area contributed by atoms with Crippen LogP contribution in [0.3, 0.4) is 0 Å². The molecule has 0 aromatic heterocycles. The Labute approximate surface area is 167 Å². The fourth-order valence-electron chi connectivity index (χ4n) is 2.60. The Morgan fingerprint density at radius 2 is 1.96 bits per heavy atom. The minimum Gasteiger partial charge on any atom is -0.497 e. The van der Waals surface area contributed by atoms with Crippen molar-refractivity contribution in [3.63, 3.8) is 0 Å². The van der Waals surface area contributed by atoms with Crippen molar-refractivity contribution in [1.29, 1.82) is 0 Å². The van der Waals surface area contributed by atoms with Crippen molar-refractivity contribution in [2.75, 3.05) is 33.5 Å². The molecule has 0 radical (unpaired) electrons. The molecule has 0 fully saturated rings. The maximum Gasteiger partial charge on any atom is 0.119 e. The van der Waals surface area contributed by atoms with Crippen LogP contribution in [-0.2, 0) is 0 Å². The van der Waals surface area contributed by atoms with Gasteiger partial charge in [0.05, 0.1) is 24.8 Å². The molecule has 144 valence electrons. The molecule has 0 spiro atoms. The summed E-state index contributed by atoms with van der Waals surface area (Å²) in [5.41, 5.74) is 5.63. The van der Waals surface area contributed by atoms with E-state index >= 15 is 0 Å². The summed E-state index contributed by atoms with van der Waals surface area (Å²) < 4.78 is 5.31. The molecule has 2 aromatic carbocycles. The molecule has 0 bridgehead atoms. The zero-order chi connectivity index (χ0) is 19.8. The van der Waals surface area contributed by atoms with E-state index in [1.165, 1.54) is 16.0 Å². The Balaban J connectivity index is 2.19. The fourth-order valence-corrected chi connectivity index (χ4v) is 3.56. The van der Waals surface area contributed by atoms with Gasteiger partial charge < -0.3 is 9.64 Å². The molecule has 2 aromatic rings. The molecule has 0 N–H and O–H groups in total. The van der Waals surface area contributed by atoms with Gasteiger partial charge in [-0.05, 0) is 67.8 Å². The average Bonchev–Trinajstić information content (AvgIpc) is 2.69. The highest BCUT2D eigenvalue weighted by atomic mass is 32.2. The molecule has 5 heteroatoms. The molecule has 27 heavy (non-hydrogen) atoms. The third-order valence-electron chi connectivity index (χ3n) is 4.43. The maximum atomic E-state index is 5.31. The first-order valence-corrected chi connectivity index (χ1v) is 10.1. The number of rotatable bonds is 8. The van der Waals surface area contributed by atoms with Gasteiger partial charge in [0.25, 0.3) is 0 Å². The van der Waals surface area contributed by atoms with Crippen molar-refractivity contribution >= 4 is 29.5 Å². The van der Waals surface area contributed by atoms with E-state index in [9.17, 15) is 0 Å². The van der Waals surface area contributed by atoms with Crippen molar-refractivity contribution in [2.24, 2.45) is 9.98 Å². The predicted octanol–water partition coefficient (Wildman–Crippen LogP) is 5.13. The van der Waals surface area contributed by atoms with Crippen LogP contribution in [0.4, 0.5) is 5.69 Å². The smallest absolute Gasteiger partial charge is 0.119 e. The van der Waals surface area contributed by atoms with Gasteiger partial charge in [-0.1, -0.05) is 6.07 Å². The van der Waals surface area contributed by atoms with Crippen LogP contribution in [0.1, 0.15) is 23.6 Å². The highest BCUT2D eigenvalue weighted by Crippen LogP contribution is 2.27. The van der Waals surface area contributed by atoms with Crippen molar-refractivity contribution < 1.29 is 4.74 Å². The molecule has 0 amide bonds. The van der Waals surface area contributed by atoms with Gasteiger partial charge in [0, 0.05) is 31.3 Å². The zero-order valence-electron chi connectivity index (χ0n) is 17.1. The summed E-state index contributed by atoms with van der Waals surface area (Å²) in [7, 11) is 5.58. The van der Waals surface area contributed by atoms with Gasteiger partial charge in [-0.3, -0.25) is 4.99 Å². The number of aryl methyl sites for hydroxylation is 2. The standard InChI is InChI=1S/C22H29N3OS/c1-7-25(5)15-24-21-12-16(2)20(11-17(21)3)22(23-4)14-27-19-10-8-9-18(13-19)26-6/h8-13,15H,7,14H2,1-6H3. The lowest BCUT2D eigenvalue weighted by molar-refractivity contribution is 0.413. The van der Waals surface area contributed by atoms with Crippen LogP contribution in [-0.4, -0.2) is 50.5 Å². The molecule has 0 saturated carbocycles. The average molecular weight is 384 g/mol. The Morgan fingerprint density at radius 3 is 2.63 bits per heavy atom. The van der Waals surface area contributed by atoms with Crippen LogP contribution in [0, 0.1) is 13.8 Å². The molecule has 4 nitrogen and oxygen atoms in total. The lowest BCUT2D eigenvalue weighted by Gasteiger charge is -2.13. The van der Waals surface area contributed by atoms with E-state index in [2.05, 4.69) is 59.9 Å². The van der Waals surface area contributed by atoms with Gasteiger partial charge in [0.2, 0.25) is 0 Å². The molecular formula is C22H29N3OS. The molecule has 2 rings (SSSR count). The second kappa shape index (κ2) is 10.2. The van der Waals surface area contributed by atoms with E-state index in [4.69, 9.17) is 4.74 Å². The number of thioether (sulfide) groups is 1. The summed E-state index contributed by atoms with van der Waals surface area (Å²) in [6.07, 6.45) is 1.88. The van der Waals surface area contributed by atoms with Gasteiger partial charge in [-0.15, -0.1) is 11.8 Å². The number of hydrogen-bond donors (Lipinski definition) is 0. The Hall–Kier alpha value is -2.27. The van der Waals surface area contributed by atoms with Gasteiger partial charge in [-0.25, -0.2) is 4.99 Å². The number of methoxy groups -OCH3 is 1. The number of hydrogen-bond acceptors (Lipinski definition) is 4. The van der Waals surface area contributed by atoms with Crippen molar-refractivity contribution in [3.8, 4) is 5.75 Å². The summed E-state index contributed by atoms with van der Waals surface area (Å²) >= 11 is 1.77. The molecule has 0 aliphatic rings. The van der Waals surface area contributed by atoms with Gasteiger partial charge in [0.1, 0.15) is 5.75 Å². The second-order valence-corrected chi connectivity index (χ2v) is 7.46. The van der Waals surface area contributed by atoms with Crippen molar-refractivity contribution in [1.82, 2.24) is 4.90 Å². The van der Waals surface area contributed by atoms with Crippen molar-refractivity contribution in [3.05, 3.63) is 53.1 Å². The minimum absolute atomic E-state index is 0.811. The third kappa shape index (κ3) is 5.86. The van der Waals surface area contributed by atoms with Gasteiger partial charge in [0.15, 0.2) is 0 Å². The van der Waals surface area contributed by atoms with Crippen LogP contribution in [0.25, 0.3) is 0 Å². The monoisotopic (exact) mass is 383 g/mol. The zero-order valence-corrected chi connectivity index (χ0v) is 17.9. The molecule has 0 aliphatic carbocycles. The normalized spacial score (nSPS) is 11.9. The van der Waals surface area contributed by atoms with E-state index < -0.39 is 0 Å². The molecule has 0 saturated heterocycles. The topological polar surface area (TPSA) is 37.2 Å². The van der Waals surface area contributed by atoms with E-state index in [1.54, 1.807) is 18.9 Å². The Kier molecular flexibility index (Phi) is 7.92. The summed E-state index contributed by atoms with van der Waals surface area (Å²) in [5.74, 6) is 1.69. The number of benzene rings is 2. The van der Waals surface area contributed by atoms with E-state index in [0.717, 1.165) is 35.0 Å². The molecule has 0 aliphatic heterocycles.